The number of aromatic nitrogens is 4. The summed E-state index contributed by atoms with van der Waals surface area (Å²) in [6.07, 6.45) is 7.14. The summed E-state index contributed by atoms with van der Waals surface area (Å²) in [6, 6.07) is 5.04. The second-order valence-electron chi connectivity index (χ2n) is 8.24. The Balaban J connectivity index is 1.45. The number of benzene rings is 1. The van der Waals surface area contributed by atoms with E-state index in [1.54, 1.807) is 12.1 Å². The van der Waals surface area contributed by atoms with Gasteiger partial charge in [-0.25, -0.2) is 13.1 Å². The Labute approximate surface area is 198 Å². The van der Waals surface area contributed by atoms with Crippen LogP contribution in [0.25, 0.3) is 0 Å². The lowest BCUT2D eigenvalue weighted by molar-refractivity contribution is -0.113. The average molecular weight is 495 g/mol. The van der Waals surface area contributed by atoms with Crippen LogP contribution < -0.4 is 10.1 Å². The van der Waals surface area contributed by atoms with Crippen LogP contribution in [0.5, 0.6) is 5.75 Å². The summed E-state index contributed by atoms with van der Waals surface area (Å²) in [5.74, 6) is 0.159. The molecule has 1 saturated carbocycles. The van der Waals surface area contributed by atoms with Gasteiger partial charge in [-0.2, -0.15) is 4.31 Å². The molecule has 2 fully saturated rings. The molecule has 0 spiro atoms. The summed E-state index contributed by atoms with van der Waals surface area (Å²) in [7, 11) is -3.71. The van der Waals surface area contributed by atoms with Crippen LogP contribution >= 0.6 is 11.8 Å². The molecule has 1 aliphatic heterocycles. The van der Waals surface area contributed by atoms with Gasteiger partial charge in [0.05, 0.1) is 18.4 Å². The molecule has 0 bridgehead atoms. The summed E-state index contributed by atoms with van der Waals surface area (Å²) in [5, 5.41) is 15.3. The molecule has 10 nitrogen and oxygen atoms in total. The molecule has 4 rings (SSSR count). The minimum Gasteiger partial charge on any atom is -0.492 e. The van der Waals surface area contributed by atoms with Crippen molar-refractivity contribution in [2.45, 2.75) is 68.0 Å². The molecular formula is C21H30N6O4S2. The van der Waals surface area contributed by atoms with E-state index in [1.807, 2.05) is 11.6 Å². The first kappa shape index (κ1) is 24.0. The number of piperidine rings is 1. The SMILES string of the molecule is CCOc1ccc(NC(=O)CSc2nnnn2C2CCCC2)cc1S(=O)(=O)N1CCCCC1. The van der Waals surface area contributed by atoms with E-state index >= 15 is 0 Å². The number of ether oxygens (including phenoxy) is 1. The van der Waals surface area contributed by atoms with Crippen molar-refractivity contribution in [3.8, 4) is 5.75 Å². The highest BCUT2D eigenvalue weighted by Gasteiger charge is 2.29. The second kappa shape index (κ2) is 10.8. The quantitative estimate of drug-likeness (QED) is 0.528. The molecule has 1 aliphatic carbocycles. The number of anilines is 1. The molecule has 33 heavy (non-hydrogen) atoms. The van der Waals surface area contributed by atoms with Gasteiger partial charge >= 0.3 is 0 Å². The Morgan fingerprint density at radius 2 is 1.94 bits per heavy atom. The van der Waals surface area contributed by atoms with E-state index in [0.717, 1.165) is 44.9 Å². The van der Waals surface area contributed by atoms with E-state index in [0.29, 0.717) is 42.3 Å². The normalized spacial score (nSPS) is 17.8. The first-order chi connectivity index (χ1) is 16.0. The van der Waals surface area contributed by atoms with Gasteiger partial charge in [0.2, 0.25) is 21.1 Å². The summed E-state index contributed by atoms with van der Waals surface area (Å²) >= 11 is 1.28. The highest BCUT2D eigenvalue weighted by molar-refractivity contribution is 7.99. The molecule has 1 aromatic heterocycles. The van der Waals surface area contributed by atoms with E-state index < -0.39 is 10.0 Å². The Hall–Kier alpha value is -2.18. The third-order valence-electron chi connectivity index (χ3n) is 5.93. The van der Waals surface area contributed by atoms with Crippen LogP contribution in [0.1, 0.15) is 57.9 Å². The van der Waals surface area contributed by atoms with Gasteiger partial charge in [0.25, 0.3) is 0 Å². The number of amides is 1. The molecule has 1 saturated heterocycles. The number of carbonyl (C=O) groups is 1. The second-order valence-corrected chi connectivity index (χ2v) is 11.1. The molecule has 12 heteroatoms. The minimum atomic E-state index is -3.71. The molecule has 180 valence electrons. The van der Waals surface area contributed by atoms with Crippen molar-refractivity contribution in [3.05, 3.63) is 18.2 Å². The van der Waals surface area contributed by atoms with Crippen molar-refractivity contribution >= 4 is 33.4 Å². The number of rotatable bonds is 9. The third kappa shape index (κ3) is 5.67. The fraction of sp³-hybridized carbons (Fsp3) is 0.619. The highest BCUT2D eigenvalue weighted by atomic mass is 32.2. The van der Waals surface area contributed by atoms with E-state index in [1.165, 1.54) is 22.1 Å². The smallest absolute Gasteiger partial charge is 0.246 e. The molecule has 0 atom stereocenters. The van der Waals surface area contributed by atoms with Gasteiger partial charge in [-0.3, -0.25) is 4.79 Å². The molecule has 1 N–H and O–H groups in total. The summed E-state index contributed by atoms with van der Waals surface area (Å²) in [5.41, 5.74) is 0.412. The van der Waals surface area contributed by atoms with Crippen LogP contribution in [0.3, 0.4) is 0 Å². The van der Waals surface area contributed by atoms with Crippen LogP contribution in [0.4, 0.5) is 5.69 Å². The number of nitrogens with one attached hydrogen (secondary N) is 1. The topological polar surface area (TPSA) is 119 Å². The van der Waals surface area contributed by atoms with Crippen molar-refractivity contribution in [2.75, 3.05) is 30.8 Å². The average Bonchev–Trinajstić information content (AvgIpc) is 3.51. The van der Waals surface area contributed by atoms with Gasteiger partial charge in [0, 0.05) is 18.8 Å². The van der Waals surface area contributed by atoms with Crippen LogP contribution in [0.15, 0.2) is 28.3 Å². The Morgan fingerprint density at radius 3 is 2.67 bits per heavy atom. The van der Waals surface area contributed by atoms with Crippen LogP contribution in [0, 0.1) is 0 Å². The molecule has 0 unspecified atom stereocenters. The minimum absolute atomic E-state index is 0.0851. The van der Waals surface area contributed by atoms with Gasteiger partial charge in [-0.1, -0.05) is 31.0 Å². The summed E-state index contributed by atoms with van der Waals surface area (Å²) in [4.78, 5) is 12.7. The Bertz CT molecular complexity index is 1060. The third-order valence-corrected chi connectivity index (χ3v) is 8.78. The summed E-state index contributed by atoms with van der Waals surface area (Å²) in [6.45, 7) is 3.15. The van der Waals surface area contributed by atoms with Crippen molar-refractivity contribution in [1.82, 2.24) is 24.5 Å². The maximum atomic E-state index is 13.3. The molecule has 2 aliphatic rings. The molecule has 1 amide bonds. The Morgan fingerprint density at radius 1 is 1.18 bits per heavy atom. The zero-order valence-electron chi connectivity index (χ0n) is 18.8. The van der Waals surface area contributed by atoms with Gasteiger partial charge in [0.1, 0.15) is 10.6 Å². The number of carbonyl (C=O) groups excluding carboxylic acids is 1. The fourth-order valence-corrected chi connectivity index (χ4v) is 6.71. The van der Waals surface area contributed by atoms with Crippen molar-refractivity contribution < 1.29 is 17.9 Å². The zero-order chi connectivity index (χ0) is 23.3. The molecule has 1 aromatic carbocycles. The van der Waals surface area contributed by atoms with Gasteiger partial charge in [-0.15, -0.1) is 5.10 Å². The maximum absolute atomic E-state index is 13.3. The summed E-state index contributed by atoms with van der Waals surface area (Å²) < 4.78 is 35.4. The predicted molar refractivity (Wildman–Crippen MR) is 125 cm³/mol. The van der Waals surface area contributed by atoms with Crippen LogP contribution in [-0.2, 0) is 14.8 Å². The van der Waals surface area contributed by atoms with E-state index in [9.17, 15) is 13.2 Å². The number of sulfonamides is 1. The Kier molecular flexibility index (Phi) is 7.86. The van der Waals surface area contributed by atoms with E-state index in [2.05, 4.69) is 20.8 Å². The lowest BCUT2D eigenvalue weighted by Gasteiger charge is -2.27. The van der Waals surface area contributed by atoms with Gasteiger partial charge in [0.15, 0.2) is 0 Å². The zero-order valence-corrected chi connectivity index (χ0v) is 20.4. The predicted octanol–water partition coefficient (Wildman–Crippen LogP) is 3.09. The first-order valence-corrected chi connectivity index (χ1v) is 13.9. The van der Waals surface area contributed by atoms with Crippen LogP contribution in [0.2, 0.25) is 0 Å². The standard InChI is InChI=1S/C21H30N6O4S2/c1-2-31-18-11-10-16(14-19(18)33(29,30)26-12-6-3-7-13-26)22-20(28)15-32-21-23-24-25-27(21)17-8-4-5-9-17/h10-11,14,17H,2-9,12-13,15H2,1H3,(H,22,28). The van der Waals surface area contributed by atoms with Crippen molar-refractivity contribution in [2.24, 2.45) is 0 Å². The van der Waals surface area contributed by atoms with Crippen molar-refractivity contribution in [3.63, 3.8) is 0 Å². The number of nitrogens with zero attached hydrogens (tertiary/aromatic N) is 5. The molecule has 2 aromatic rings. The number of thioether (sulfide) groups is 1. The molecular weight excluding hydrogens is 464 g/mol. The number of hydrogen-bond donors (Lipinski definition) is 1. The fourth-order valence-electron chi connectivity index (χ4n) is 4.29. The van der Waals surface area contributed by atoms with Crippen LogP contribution in [-0.4, -0.2) is 64.3 Å². The molecule has 2 heterocycles. The lowest BCUT2D eigenvalue weighted by Crippen LogP contribution is -2.35. The largest absolute Gasteiger partial charge is 0.492 e. The first-order valence-electron chi connectivity index (χ1n) is 11.5. The lowest BCUT2D eigenvalue weighted by atomic mass is 10.2. The maximum Gasteiger partial charge on any atom is 0.246 e. The van der Waals surface area contributed by atoms with E-state index in [4.69, 9.17) is 4.74 Å². The monoisotopic (exact) mass is 494 g/mol. The number of hydrogen-bond acceptors (Lipinski definition) is 8. The number of tetrazole rings is 1. The van der Waals surface area contributed by atoms with E-state index in [-0.39, 0.29) is 16.6 Å². The molecule has 0 radical (unpaired) electrons. The van der Waals surface area contributed by atoms with Crippen molar-refractivity contribution in [1.29, 1.82) is 0 Å². The van der Waals surface area contributed by atoms with Gasteiger partial charge in [-0.05, 0) is 61.2 Å². The van der Waals surface area contributed by atoms with Gasteiger partial charge < -0.3 is 10.1 Å². The highest BCUT2D eigenvalue weighted by Crippen LogP contribution is 2.33.